The summed E-state index contributed by atoms with van der Waals surface area (Å²) in [4.78, 5) is 10.8. The highest BCUT2D eigenvalue weighted by molar-refractivity contribution is 5.81. The van der Waals surface area contributed by atoms with E-state index in [0.29, 0.717) is 12.0 Å². The van der Waals surface area contributed by atoms with Crippen molar-refractivity contribution in [1.82, 2.24) is 0 Å². The van der Waals surface area contributed by atoms with E-state index < -0.39 is 11.6 Å². The van der Waals surface area contributed by atoms with Crippen LogP contribution in [0.25, 0.3) is 0 Å². The Morgan fingerprint density at radius 2 is 2.07 bits per heavy atom. The number of hydrogen-bond acceptors (Lipinski definition) is 1. The van der Waals surface area contributed by atoms with Gasteiger partial charge in [0.25, 0.3) is 0 Å². The van der Waals surface area contributed by atoms with Crippen molar-refractivity contribution in [3.63, 3.8) is 0 Å². The van der Waals surface area contributed by atoms with Gasteiger partial charge in [-0.3, -0.25) is 4.79 Å². The molecule has 1 fully saturated rings. The van der Waals surface area contributed by atoms with Crippen LogP contribution in [0.4, 0.5) is 8.78 Å². The van der Waals surface area contributed by atoms with E-state index in [0.717, 1.165) is 12.1 Å². The van der Waals surface area contributed by atoms with Crippen molar-refractivity contribution in [1.29, 1.82) is 0 Å². The summed E-state index contributed by atoms with van der Waals surface area (Å²) in [5.74, 6) is -2.36. The lowest BCUT2D eigenvalue weighted by atomic mass is 10.1. The molecule has 0 heterocycles. The van der Waals surface area contributed by atoms with Crippen LogP contribution in [0.2, 0.25) is 0 Å². The zero-order valence-electron chi connectivity index (χ0n) is 7.34. The Morgan fingerprint density at radius 3 is 2.57 bits per heavy atom. The second kappa shape index (κ2) is 3.04. The summed E-state index contributed by atoms with van der Waals surface area (Å²) >= 11 is 0. The highest BCUT2D eigenvalue weighted by atomic mass is 19.2. The maximum atomic E-state index is 12.8. The van der Waals surface area contributed by atoms with Crippen molar-refractivity contribution in [3.8, 4) is 0 Å². The molecule has 1 aromatic rings. The van der Waals surface area contributed by atoms with Crippen molar-refractivity contribution in [3.05, 3.63) is 35.4 Å². The van der Waals surface area contributed by atoms with Crippen LogP contribution >= 0.6 is 0 Å². The van der Waals surface area contributed by atoms with Gasteiger partial charge < -0.3 is 5.73 Å². The normalized spacial score (nSPS) is 24.7. The molecule has 0 radical (unpaired) electrons. The van der Waals surface area contributed by atoms with E-state index in [2.05, 4.69) is 0 Å². The number of nitrogens with two attached hydrogens (primary N) is 1. The predicted molar refractivity (Wildman–Crippen MR) is 46.4 cm³/mol. The fourth-order valence-corrected chi connectivity index (χ4v) is 1.62. The van der Waals surface area contributed by atoms with Gasteiger partial charge in [-0.25, -0.2) is 8.78 Å². The second-order valence-corrected chi connectivity index (χ2v) is 3.52. The monoisotopic (exact) mass is 197 g/mol. The number of carbonyl (C=O) groups excluding carboxylic acids is 1. The number of rotatable bonds is 2. The van der Waals surface area contributed by atoms with Crippen LogP contribution in [0, 0.1) is 17.6 Å². The third-order valence-electron chi connectivity index (χ3n) is 2.53. The van der Waals surface area contributed by atoms with Gasteiger partial charge in [0.1, 0.15) is 0 Å². The third-order valence-corrected chi connectivity index (χ3v) is 2.53. The SMILES string of the molecule is NC(=O)C1CC1c1ccc(F)c(F)c1. The maximum Gasteiger partial charge on any atom is 0.221 e. The lowest BCUT2D eigenvalue weighted by Crippen LogP contribution is -2.13. The number of amides is 1. The van der Waals surface area contributed by atoms with Crippen LogP contribution in [-0.4, -0.2) is 5.91 Å². The minimum Gasteiger partial charge on any atom is -0.369 e. The topological polar surface area (TPSA) is 43.1 Å². The van der Waals surface area contributed by atoms with Gasteiger partial charge in [-0.05, 0) is 30.0 Å². The van der Waals surface area contributed by atoms with Gasteiger partial charge in [0.05, 0.1) is 0 Å². The highest BCUT2D eigenvalue weighted by Gasteiger charge is 2.42. The molecule has 1 aliphatic rings. The molecule has 2 unspecified atom stereocenters. The molecule has 4 heteroatoms. The molecule has 2 atom stereocenters. The maximum absolute atomic E-state index is 12.8. The standard InChI is InChI=1S/C10H9F2NO/c11-8-2-1-5(3-9(8)12)6-4-7(6)10(13)14/h1-3,6-7H,4H2,(H2,13,14). The zero-order valence-corrected chi connectivity index (χ0v) is 7.34. The summed E-state index contributed by atoms with van der Waals surface area (Å²) in [5, 5.41) is 0. The van der Waals surface area contributed by atoms with Crippen molar-refractivity contribution in [2.45, 2.75) is 12.3 Å². The first-order chi connectivity index (χ1) is 6.59. The van der Waals surface area contributed by atoms with Gasteiger partial charge in [-0.15, -0.1) is 0 Å². The van der Waals surface area contributed by atoms with Crippen molar-refractivity contribution in [2.75, 3.05) is 0 Å². The van der Waals surface area contributed by atoms with Crippen LogP contribution in [0.3, 0.4) is 0 Å². The number of carbonyl (C=O) groups is 1. The molecular formula is C10H9F2NO. The van der Waals surface area contributed by atoms with Crippen molar-refractivity contribution >= 4 is 5.91 Å². The predicted octanol–water partition coefficient (Wildman–Crippen LogP) is 1.55. The summed E-state index contributed by atoms with van der Waals surface area (Å²) in [7, 11) is 0. The molecule has 2 rings (SSSR count). The highest BCUT2D eigenvalue weighted by Crippen LogP contribution is 2.47. The molecule has 0 saturated heterocycles. The number of hydrogen-bond donors (Lipinski definition) is 1. The van der Waals surface area contributed by atoms with Crippen molar-refractivity contribution in [2.24, 2.45) is 11.7 Å². The van der Waals surface area contributed by atoms with Crippen molar-refractivity contribution < 1.29 is 13.6 Å². The Kier molecular flexibility index (Phi) is 1.98. The number of benzene rings is 1. The third kappa shape index (κ3) is 1.47. The van der Waals surface area contributed by atoms with E-state index in [9.17, 15) is 13.6 Å². The average Bonchev–Trinajstić information content (AvgIpc) is 2.89. The van der Waals surface area contributed by atoms with Crippen LogP contribution in [0.1, 0.15) is 17.9 Å². The molecule has 2 nitrogen and oxygen atoms in total. The molecule has 1 aromatic carbocycles. The molecule has 1 aliphatic carbocycles. The van der Waals surface area contributed by atoms with Crippen LogP contribution in [0.5, 0.6) is 0 Å². The smallest absolute Gasteiger partial charge is 0.221 e. The Bertz CT molecular complexity index is 392. The molecular weight excluding hydrogens is 188 g/mol. The minimum atomic E-state index is -0.877. The lowest BCUT2D eigenvalue weighted by Gasteiger charge is -1.99. The van der Waals surface area contributed by atoms with Crippen LogP contribution in [-0.2, 0) is 4.79 Å². The summed E-state index contributed by atoms with van der Waals surface area (Å²) in [6.07, 6.45) is 0.639. The van der Waals surface area contributed by atoms with Gasteiger partial charge in [0.2, 0.25) is 5.91 Å². The van der Waals surface area contributed by atoms with E-state index in [1.807, 2.05) is 0 Å². The Morgan fingerprint density at radius 1 is 1.36 bits per heavy atom. The summed E-state index contributed by atoms with van der Waals surface area (Å²) in [5.41, 5.74) is 5.73. The van der Waals surface area contributed by atoms with E-state index in [1.54, 1.807) is 0 Å². The number of primary amides is 1. The quantitative estimate of drug-likeness (QED) is 0.768. The molecule has 0 aromatic heterocycles. The van der Waals surface area contributed by atoms with E-state index in [-0.39, 0.29) is 17.7 Å². The summed E-state index contributed by atoms with van der Waals surface area (Å²) in [6, 6.07) is 3.69. The Hall–Kier alpha value is -1.45. The van der Waals surface area contributed by atoms with Crippen LogP contribution in [0.15, 0.2) is 18.2 Å². The molecule has 2 N–H and O–H groups in total. The Labute approximate surface area is 79.7 Å². The largest absolute Gasteiger partial charge is 0.369 e. The Balaban J connectivity index is 2.20. The van der Waals surface area contributed by atoms with Gasteiger partial charge in [-0.2, -0.15) is 0 Å². The lowest BCUT2D eigenvalue weighted by molar-refractivity contribution is -0.119. The number of halogens is 2. The van der Waals surface area contributed by atoms with Gasteiger partial charge in [-0.1, -0.05) is 6.07 Å². The molecule has 0 bridgehead atoms. The van der Waals surface area contributed by atoms with E-state index in [4.69, 9.17) is 5.73 Å². The first-order valence-corrected chi connectivity index (χ1v) is 4.34. The second-order valence-electron chi connectivity index (χ2n) is 3.52. The average molecular weight is 197 g/mol. The van der Waals surface area contributed by atoms with E-state index >= 15 is 0 Å². The van der Waals surface area contributed by atoms with Gasteiger partial charge in [0, 0.05) is 5.92 Å². The first kappa shape index (κ1) is 9.12. The summed E-state index contributed by atoms with van der Waals surface area (Å²) in [6.45, 7) is 0. The van der Waals surface area contributed by atoms with Crippen LogP contribution < -0.4 is 5.73 Å². The van der Waals surface area contributed by atoms with Gasteiger partial charge in [0.15, 0.2) is 11.6 Å². The van der Waals surface area contributed by atoms with Gasteiger partial charge >= 0.3 is 0 Å². The molecule has 0 aliphatic heterocycles. The summed E-state index contributed by atoms with van der Waals surface area (Å²) < 4.78 is 25.4. The first-order valence-electron chi connectivity index (χ1n) is 4.34. The molecule has 74 valence electrons. The molecule has 0 spiro atoms. The fourth-order valence-electron chi connectivity index (χ4n) is 1.62. The van der Waals surface area contributed by atoms with E-state index in [1.165, 1.54) is 6.07 Å². The fraction of sp³-hybridized carbons (Fsp3) is 0.300. The molecule has 1 amide bonds. The molecule has 14 heavy (non-hydrogen) atoms. The minimum absolute atomic E-state index is 0.0254. The molecule has 1 saturated carbocycles. The zero-order chi connectivity index (χ0) is 10.3.